The van der Waals surface area contributed by atoms with Crippen molar-refractivity contribution >= 4 is 29.0 Å². The third kappa shape index (κ3) is 4.75. The summed E-state index contributed by atoms with van der Waals surface area (Å²) in [5, 5.41) is 2.94. The highest BCUT2D eigenvalue weighted by molar-refractivity contribution is 6.31. The zero-order valence-electron chi connectivity index (χ0n) is 18.5. The first-order chi connectivity index (χ1) is 14.7. The summed E-state index contributed by atoms with van der Waals surface area (Å²) < 4.78 is 19.5. The number of amides is 1. The van der Waals surface area contributed by atoms with Gasteiger partial charge in [-0.2, -0.15) is 0 Å². The van der Waals surface area contributed by atoms with Crippen molar-refractivity contribution in [1.29, 1.82) is 0 Å². The monoisotopic (exact) mass is 445 g/mol. The second-order valence-corrected chi connectivity index (χ2v) is 9.22. The van der Waals surface area contributed by atoms with Gasteiger partial charge in [-0.15, -0.1) is 0 Å². The van der Waals surface area contributed by atoms with Gasteiger partial charge in [0.1, 0.15) is 11.6 Å². The van der Waals surface area contributed by atoms with Crippen molar-refractivity contribution in [2.75, 3.05) is 13.7 Å². The van der Waals surface area contributed by atoms with Crippen molar-refractivity contribution in [1.82, 2.24) is 15.3 Å². The van der Waals surface area contributed by atoms with E-state index in [1.54, 1.807) is 19.2 Å². The van der Waals surface area contributed by atoms with Crippen LogP contribution in [0.2, 0.25) is 5.02 Å². The van der Waals surface area contributed by atoms with Crippen LogP contribution >= 0.6 is 11.6 Å². The van der Waals surface area contributed by atoms with Crippen molar-refractivity contribution in [2.24, 2.45) is 5.92 Å². The van der Waals surface area contributed by atoms with Gasteiger partial charge in [-0.3, -0.25) is 4.79 Å². The molecule has 1 aromatic heterocycles. The van der Waals surface area contributed by atoms with Crippen molar-refractivity contribution in [3.05, 3.63) is 64.2 Å². The number of rotatable bonds is 9. The summed E-state index contributed by atoms with van der Waals surface area (Å²) >= 11 is 6.31. The molecule has 3 rings (SSSR count). The number of hydrogen-bond donors (Lipinski definition) is 2. The van der Waals surface area contributed by atoms with Gasteiger partial charge in [0.15, 0.2) is 0 Å². The SMILES string of the molecule is COCC(C)(C)c1ccc2nc(C(NC=O)C(c3cccc(F)c3Cl)C(C)C)[nH]c2c1. The van der Waals surface area contributed by atoms with Crippen molar-refractivity contribution in [3.63, 3.8) is 0 Å². The van der Waals surface area contributed by atoms with Crippen LogP contribution in [0.25, 0.3) is 11.0 Å². The lowest BCUT2D eigenvalue weighted by atomic mass is 9.82. The van der Waals surface area contributed by atoms with Crippen LogP contribution in [0.15, 0.2) is 36.4 Å². The number of fused-ring (bicyclic) bond motifs is 1. The Morgan fingerprint density at radius 2 is 2.03 bits per heavy atom. The summed E-state index contributed by atoms with van der Waals surface area (Å²) in [5.41, 5.74) is 3.24. The Kier molecular flexibility index (Phi) is 7.02. The highest BCUT2D eigenvalue weighted by Gasteiger charge is 2.32. The van der Waals surface area contributed by atoms with Gasteiger partial charge >= 0.3 is 0 Å². The minimum atomic E-state index is -0.500. The van der Waals surface area contributed by atoms with Crippen LogP contribution in [0.3, 0.4) is 0 Å². The molecular weight excluding hydrogens is 417 g/mol. The molecule has 7 heteroatoms. The number of ether oxygens (including phenoxy) is 1. The number of halogens is 2. The molecule has 0 fully saturated rings. The number of carbonyl (C=O) groups is 1. The number of nitrogens with zero attached hydrogens (tertiary/aromatic N) is 1. The lowest BCUT2D eigenvalue weighted by Gasteiger charge is -2.29. The summed E-state index contributed by atoms with van der Waals surface area (Å²) in [6.45, 7) is 8.85. The molecule has 2 N–H and O–H groups in total. The van der Waals surface area contributed by atoms with Gasteiger partial charge in [0.2, 0.25) is 6.41 Å². The fraction of sp³-hybridized carbons (Fsp3) is 0.417. The van der Waals surface area contributed by atoms with Crippen LogP contribution in [0, 0.1) is 11.7 Å². The second kappa shape index (κ2) is 9.37. The second-order valence-electron chi connectivity index (χ2n) is 8.85. The number of hydrogen-bond acceptors (Lipinski definition) is 3. The largest absolute Gasteiger partial charge is 0.384 e. The minimum Gasteiger partial charge on any atom is -0.384 e. The van der Waals surface area contributed by atoms with Crippen LogP contribution in [0.5, 0.6) is 0 Å². The van der Waals surface area contributed by atoms with E-state index in [9.17, 15) is 9.18 Å². The maximum absolute atomic E-state index is 14.2. The zero-order chi connectivity index (χ0) is 22.8. The molecule has 31 heavy (non-hydrogen) atoms. The fourth-order valence-corrected chi connectivity index (χ4v) is 4.42. The van der Waals surface area contributed by atoms with Gasteiger partial charge in [-0.05, 0) is 35.2 Å². The average Bonchev–Trinajstić information content (AvgIpc) is 3.13. The van der Waals surface area contributed by atoms with Crippen LogP contribution < -0.4 is 5.32 Å². The highest BCUT2D eigenvalue weighted by atomic mass is 35.5. The van der Waals surface area contributed by atoms with Gasteiger partial charge in [0.25, 0.3) is 0 Å². The first kappa shape index (κ1) is 23.2. The molecular formula is C24H29ClFN3O2. The Morgan fingerprint density at radius 1 is 1.29 bits per heavy atom. The van der Waals surface area contributed by atoms with Crippen LogP contribution in [-0.4, -0.2) is 30.1 Å². The number of imidazole rings is 1. The Hall–Kier alpha value is -2.44. The van der Waals surface area contributed by atoms with Crippen molar-refractivity contribution < 1.29 is 13.9 Å². The normalized spacial score (nSPS) is 14.1. The average molecular weight is 446 g/mol. The van der Waals surface area contributed by atoms with Crippen molar-refractivity contribution in [3.8, 4) is 0 Å². The maximum Gasteiger partial charge on any atom is 0.207 e. The Labute approximate surface area is 187 Å². The first-order valence-electron chi connectivity index (χ1n) is 10.3. The van der Waals surface area contributed by atoms with Gasteiger partial charge in [0.05, 0.1) is 28.7 Å². The van der Waals surface area contributed by atoms with E-state index in [1.165, 1.54) is 6.07 Å². The molecule has 0 spiro atoms. The van der Waals surface area contributed by atoms with Gasteiger partial charge in [0, 0.05) is 18.4 Å². The van der Waals surface area contributed by atoms with Crippen molar-refractivity contribution in [2.45, 2.75) is 45.1 Å². The summed E-state index contributed by atoms with van der Waals surface area (Å²) in [6.07, 6.45) is 0.646. The highest BCUT2D eigenvalue weighted by Crippen LogP contribution is 2.40. The van der Waals surface area contributed by atoms with E-state index >= 15 is 0 Å². The number of benzene rings is 2. The number of aromatic amines is 1. The van der Waals surface area contributed by atoms with E-state index in [2.05, 4.69) is 30.2 Å². The van der Waals surface area contributed by atoms with E-state index in [4.69, 9.17) is 21.3 Å². The molecule has 0 aliphatic rings. The van der Waals surface area contributed by atoms with Gasteiger partial charge in [-0.25, -0.2) is 9.37 Å². The quantitative estimate of drug-likeness (QED) is 0.427. The summed E-state index contributed by atoms with van der Waals surface area (Å²) in [4.78, 5) is 19.6. The number of aromatic nitrogens is 2. The molecule has 5 nitrogen and oxygen atoms in total. The molecule has 1 heterocycles. The van der Waals surface area contributed by atoms with Gasteiger partial charge < -0.3 is 15.0 Å². The Balaban J connectivity index is 2.09. The number of nitrogens with one attached hydrogen (secondary N) is 2. The molecule has 2 atom stereocenters. The van der Waals surface area contributed by atoms with Gasteiger partial charge in [-0.1, -0.05) is 57.5 Å². The predicted molar refractivity (Wildman–Crippen MR) is 122 cm³/mol. The van der Waals surface area contributed by atoms with Crippen LogP contribution in [0.1, 0.15) is 56.6 Å². The summed E-state index contributed by atoms with van der Waals surface area (Å²) in [5.74, 6) is -0.105. The smallest absolute Gasteiger partial charge is 0.207 e. The van der Waals surface area contributed by atoms with E-state index in [1.807, 2.05) is 26.0 Å². The maximum atomic E-state index is 14.2. The molecule has 0 bridgehead atoms. The van der Waals surface area contributed by atoms with Crippen LogP contribution in [0.4, 0.5) is 4.39 Å². The Bertz CT molecular complexity index is 1060. The number of carbonyl (C=O) groups excluding carboxylic acids is 1. The molecule has 166 valence electrons. The third-order valence-corrected chi connectivity index (χ3v) is 6.15. The number of methoxy groups -OCH3 is 1. The minimum absolute atomic E-state index is 0.0566. The topological polar surface area (TPSA) is 67.0 Å². The molecule has 3 aromatic rings. The standard InChI is InChI=1S/C24H29ClFN3O2/c1-14(2)20(16-7-6-8-17(26)21(16)25)22(27-13-30)23-28-18-10-9-15(11-19(18)29-23)24(3,4)12-31-5/h6-11,13-14,20,22H,12H2,1-5H3,(H,27,30)(H,28,29). The molecule has 0 saturated carbocycles. The van der Waals surface area contributed by atoms with E-state index in [0.717, 1.165) is 16.6 Å². The lowest BCUT2D eigenvalue weighted by Crippen LogP contribution is -2.30. The molecule has 2 aromatic carbocycles. The zero-order valence-corrected chi connectivity index (χ0v) is 19.3. The molecule has 0 aliphatic carbocycles. The van der Waals surface area contributed by atoms with E-state index in [0.29, 0.717) is 24.4 Å². The fourth-order valence-electron chi connectivity index (χ4n) is 4.17. The number of H-pyrrole nitrogens is 1. The third-order valence-electron chi connectivity index (χ3n) is 5.75. The summed E-state index contributed by atoms with van der Waals surface area (Å²) in [6, 6.07) is 10.3. The molecule has 1 amide bonds. The molecule has 0 saturated heterocycles. The molecule has 2 unspecified atom stereocenters. The Morgan fingerprint density at radius 3 is 2.68 bits per heavy atom. The molecule has 0 aliphatic heterocycles. The van der Waals surface area contributed by atoms with Crippen LogP contribution in [-0.2, 0) is 14.9 Å². The lowest BCUT2D eigenvalue weighted by molar-refractivity contribution is -0.110. The van der Waals surface area contributed by atoms with E-state index in [-0.39, 0.29) is 22.3 Å². The summed E-state index contributed by atoms with van der Waals surface area (Å²) in [7, 11) is 1.69. The predicted octanol–water partition coefficient (Wildman–Crippen LogP) is 5.51. The molecule has 0 radical (unpaired) electrons. The first-order valence-corrected chi connectivity index (χ1v) is 10.7. The van der Waals surface area contributed by atoms with E-state index < -0.39 is 11.9 Å².